The first-order chi connectivity index (χ1) is 8.58. The van der Waals surface area contributed by atoms with E-state index in [0.717, 1.165) is 0 Å². The number of aromatic nitrogens is 1. The maximum absolute atomic E-state index is 13.1. The quantitative estimate of drug-likeness (QED) is 0.852. The van der Waals surface area contributed by atoms with Gasteiger partial charge in [-0.25, -0.2) is 4.39 Å². The monoisotopic (exact) mass is 246 g/mol. The Morgan fingerprint density at radius 3 is 2.78 bits per heavy atom. The molecule has 0 aliphatic heterocycles. The summed E-state index contributed by atoms with van der Waals surface area (Å²) in [7, 11) is 0. The van der Waals surface area contributed by atoms with Crippen molar-refractivity contribution in [2.45, 2.75) is 6.92 Å². The lowest BCUT2D eigenvalue weighted by Crippen LogP contribution is -2.22. The number of nitrogens with one attached hydrogen (secondary N) is 2. The Balaban J connectivity index is 2.24. The van der Waals surface area contributed by atoms with Crippen LogP contribution < -0.4 is 10.9 Å². The van der Waals surface area contributed by atoms with Gasteiger partial charge in [-0.05, 0) is 42.8 Å². The SMILES string of the molecule is Cc1cc(NC(=O)c2ccc[nH]c2=O)ccc1F. The number of hydrogen-bond donors (Lipinski definition) is 2. The zero-order valence-electron chi connectivity index (χ0n) is 9.66. The van der Waals surface area contributed by atoms with Crippen molar-refractivity contribution < 1.29 is 9.18 Å². The average Bonchev–Trinajstić information content (AvgIpc) is 2.34. The van der Waals surface area contributed by atoms with Crippen molar-refractivity contribution >= 4 is 11.6 Å². The number of anilines is 1. The van der Waals surface area contributed by atoms with Crippen molar-refractivity contribution in [1.29, 1.82) is 0 Å². The molecule has 18 heavy (non-hydrogen) atoms. The number of hydrogen-bond acceptors (Lipinski definition) is 2. The standard InChI is InChI=1S/C13H11FN2O2/c1-8-7-9(4-5-11(8)14)16-13(18)10-3-2-6-15-12(10)17/h2-7H,1H3,(H,15,17)(H,16,18). The van der Waals surface area contributed by atoms with E-state index in [1.807, 2.05) is 0 Å². The number of aromatic amines is 1. The molecule has 1 heterocycles. The van der Waals surface area contributed by atoms with Crippen LogP contribution in [0.15, 0.2) is 41.3 Å². The Hall–Kier alpha value is -2.43. The molecule has 0 unspecified atom stereocenters. The maximum Gasteiger partial charge on any atom is 0.261 e. The molecular formula is C13H11FN2O2. The van der Waals surface area contributed by atoms with Crippen LogP contribution in [-0.4, -0.2) is 10.9 Å². The van der Waals surface area contributed by atoms with Gasteiger partial charge in [-0.1, -0.05) is 0 Å². The first-order valence-electron chi connectivity index (χ1n) is 5.33. The van der Waals surface area contributed by atoms with Crippen LogP contribution in [0, 0.1) is 12.7 Å². The number of carbonyl (C=O) groups excluding carboxylic acids is 1. The Morgan fingerprint density at radius 2 is 2.11 bits per heavy atom. The van der Waals surface area contributed by atoms with E-state index in [4.69, 9.17) is 0 Å². The average molecular weight is 246 g/mol. The van der Waals surface area contributed by atoms with Crippen molar-refractivity contribution in [1.82, 2.24) is 4.98 Å². The van der Waals surface area contributed by atoms with Gasteiger partial charge >= 0.3 is 0 Å². The lowest BCUT2D eigenvalue weighted by atomic mass is 10.2. The van der Waals surface area contributed by atoms with Gasteiger partial charge in [0.1, 0.15) is 11.4 Å². The second kappa shape index (κ2) is 4.83. The lowest BCUT2D eigenvalue weighted by molar-refractivity contribution is 0.102. The first kappa shape index (κ1) is 12.0. The number of halogens is 1. The van der Waals surface area contributed by atoms with Crippen LogP contribution in [-0.2, 0) is 0 Å². The zero-order valence-corrected chi connectivity index (χ0v) is 9.66. The third-order valence-electron chi connectivity index (χ3n) is 2.48. The molecule has 92 valence electrons. The summed E-state index contributed by atoms with van der Waals surface area (Å²) in [5, 5.41) is 2.54. The molecule has 0 atom stereocenters. The highest BCUT2D eigenvalue weighted by Gasteiger charge is 2.10. The molecule has 0 bridgehead atoms. The van der Waals surface area contributed by atoms with Crippen LogP contribution in [0.2, 0.25) is 0 Å². The maximum atomic E-state index is 13.1. The molecule has 0 spiro atoms. The Bertz CT molecular complexity index is 649. The van der Waals surface area contributed by atoms with Crippen LogP contribution >= 0.6 is 0 Å². The van der Waals surface area contributed by atoms with Gasteiger partial charge in [-0.15, -0.1) is 0 Å². The third-order valence-corrected chi connectivity index (χ3v) is 2.48. The number of rotatable bonds is 2. The largest absolute Gasteiger partial charge is 0.328 e. The van der Waals surface area contributed by atoms with E-state index in [9.17, 15) is 14.0 Å². The predicted molar refractivity (Wildman–Crippen MR) is 66.2 cm³/mol. The van der Waals surface area contributed by atoms with Gasteiger partial charge in [-0.2, -0.15) is 0 Å². The molecule has 0 saturated heterocycles. The van der Waals surface area contributed by atoms with Gasteiger partial charge in [0.2, 0.25) is 0 Å². The van der Waals surface area contributed by atoms with E-state index in [0.29, 0.717) is 11.3 Å². The number of pyridine rings is 1. The second-order valence-electron chi connectivity index (χ2n) is 3.83. The second-order valence-corrected chi connectivity index (χ2v) is 3.83. The number of carbonyl (C=O) groups is 1. The van der Waals surface area contributed by atoms with Crippen LogP contribution in [0.25, 0.3) is 0 Å². The van der Waals surface area contributed by atoms with Crippen molar-refractivity contribution in [3.63, 3.8) is 0 Å². The number of amides is 1. The molecule has 1 aromatic heterocycles. The van der Waals surface area contributed by atoms with Crippen molar-refractivity contribution in [2.75, 3.05) is 5.32 Å². The minimum Gasteiger partial charge on any atom is -0.328 e. The summed E-state index contributed by atoms with van der Waals surface area (Å²) in [6.45, 7) is 1.60. The number of H-pyrrole nitrogens is 1. The minimum atomic E-state index is -0.525. The van der Waals surface area contributed by atoms with Gasteiger partial charge in [0.25, 0.3) is 11.5 Å². The van der Waals surface area contributed by atoms with Crippen LogP contribution in [0.3, 0.4) is 0 Å². The number of benzene rings is 1. The Labute approximate surface area is 102 Å². The summed E-state index contributed by atoms with van der Waals surface area (Å²) < 4.78 is 13.1. The van der Waals surface area contributed by atoms with E-state index in [1.54, 1.807) is 13.0 Å². The molecule has 4 nitrogen and oxygen atoms in total. The molecule has 1 amide bonds. The van der Waals surface area contributed by atoms with E-state index in [2.05, 4.69) is 10.3 Å². The summed E-state index contributed by atoms with van der Waals surface area (Å²) >= 11 is 0. The van der Waals surface area contributed by atoms with E-state index >= 15 is 0 Å². The molecule has 1 aromatic carbocycles. The van der Waals surface area contributed by atoms with Crippen molar-refractivity contribution in [3.05, 3.63) is 63.8 Å². The topological polar surface area (TPSA) is 62.0 Å². The van der Waals surface area contributed by atoms with Crippen LogP contribution in [0.5, 0.6) is 0 Å². The fourth-order valence-corrected chi connectivity index (χ4v) is 1.52. The van der Waals surface area contributed by atoms with Gasteiger partial charge in [0, 0.05) is 11.9 Å². The summed E-state index contributed by atoms with van der Waals surface area (Å²) in [5.74, 6) is -0.867. The molecular weight excluding hydrogens is 235 g/mol. The fraction of sp³-hybridized carbons (Fsp3) is 0.0769. The van der Waals surface area contributed by atoms with Crippen LogP contribution in [0.1, 0.15) is 15.9 Å². The molecule has 2 N–H and O–H groups in total. The molecule has 0 saturated carbocycles. The fourth-order valence-electron chi connectivity index (χ4n) is 1.52. The summed E-state index contributed by atoms with van der Waals surface area (Å²) in [5.41, 5.74) is 0.422. The molecule has 0 radical (unpaired) electrons. The summed E-state index contributed by atoms with van der Waals surface area (Å²) in [6.07, 6.45) is 1.45. The normalized spacial score (nSPS) is 10.1. The molecule has 2 rings (SSSR count). The highest BCUT2D eigenvalue weighted by Crippen LogP contribution is 2.14. The lowest BCUT2D eigenvalue weighted by Gasteiger charge is -2.05. The molecule has 0 fully saturated rings. The van der Waals surface area contributed by atoms with E-state index in [-0.39, 0.29) is 11.4 Å². The van der Waals surface area contributed by atoms with Crippen molar-refractivity contribution in [2.24, 2.45) is 0 Å². The Morgan fingerprint density at radius 1 is 1.33 bits per heavy atom. The first-order valence-corrected chi connectivity index (χ1v) is 5.33. The summed E-state index contributed by atoms with van der Waals surface area (Å²) in [6, 6.07) is 7.19. The van der Waals surface area contributed by atoms with Gasteiger partial charge in [-0.3, -0.25) is 9.59 Å². The third kappa shape index (κ3) is 2.45. The smallest absolute Gasteiger partial charge is 0.261 e. The number of aryl methyl sites for hydroxylation is 1. The summed E-state index contributed by atoms with van der Waals surface area (Å²) in [4.78, 5) is 25.6. The van der Waals surface area contributed by atoms with Gasteiger partial charge in [0.15, 0.2) is 0 Å². The zero-order chi connectivity index (χ0) is 13.1. The van der Waals surface area contributed by atoms with E-state index < -0.39 is 11.5 Å². The predicted octanol–water partition coefficient (Wildman–Crippen LogP) is 2.07. The van der Waals surface area contributed by atoms with Crippen LogP contribution in [0.4, 0.5) is 10.1 Å². The molecule has 0 aliphatic carbocycles. The minimum absolute atomic E-state index is 0.0134. The highest BCUT2D eigenvalue weighted by atomic mass is 19.1. The molecule has 5 heteroatoms. The van der Waals surface area contributed by atoms with Crippen molar-refractivity contribution in [3.8, 4) is 0 Å². The van der Waals surface area contributed by atoms with E-state index in [1.165, 1.54) is 30.5 Å². The Kier molecular flexibility index (Phi) is 3.23. The molecule has 0 aliphatic rings. The van der Waals surface area contributed by atoms with Gasteiger partial charge in [0.05, 0.1) is 0 Å². The van der Waals surface area contributed by atoms with Gasteiger partial charge < -0.3 is 10.3 Å². The molecule has 2 aromatic rings. The highest BCUT2D eigenvalue weighted by molar-refractivity contribution is 6.03.